The van der Waals surface area contributed by atoms with E-state index in [2.05, 4.69) is 15.7 Å². The highest BCUT2D eigenvalue weighted by Gasteiger charge is 2.38. The summed E-state index contributed by atoms with van der Waals surface area (Å²) in [6.45, 7) is 3.15. The van der Waals surface area contributed by atoms with Gasteiger partial charge in [-0.1, -0.05) is 0 Å². The van der Waals surface area contributed by atoms with Crippen molar-refractivity contribution in [3.05, 3.63) is 23.6 Å². The van der Waals surface area contributed by atoms with Crippen LogP contribution >= 0.6 is 0 Å². The van der Waals surface area contributed by atoms with Crippen LogP contribution in [0.3, 0.4) is 0 Å². The van der Waals surface area contributed by atoms with E-state index in [1.165, 1.54) is 6.07 Å². The van der Waals surface area contributed by atoms with Crippen LogP contribution in [-0.2, 0) is 21.4 Å². The fourth-order valence-electron chi connectivity index (χ4n) is 3.65. The summed E-state index contributed by atoms with van der Waals surface area (Å²) in [5.41, 5.74) is 1.88. The van der Waals surface area contributed by atoms with Crippen molar-refractivity contribution in [2.75, 3.05) is 31.1 Å². The summed E-state index contributed by atoms with van der Waals surface area (Å²) in [7, 11) is 1.79. The Morgan fingerprint density at radius 1 is 1.22 bits per heavy atom. The van der Waals surface area contributed by atoms with Crippen LogP contribution in [0.25, 0.3) is 10.9 Å². The number of piperazine rings is 1. The van der Waals surface area contributed by atoms with Crippen molar-refractivity contribution >= 4 is 34.4 Å². The van der Waals surface area contributed by atoms with Gasteiger partial charge in [-0.05, 0) is 18.6 Å². The average Bonchev–Trinajstić information content (AvgIpc) is 3.03. The molecule has 1 aromatic heterocycles. The van der Waals surface area contributed by atoms with Crippen molar-refractivity contribution < 1.29 is 37.1 Å². The molecule has 9 nitrogen and oxygen atoms in total. The molecule has 32 heavy (non-hydrogen) atoms. The van der Waals surface area contributed by atoms with Crippen LogP contribution in [0.15, 0.2) is 12.1 Å². The second kappa shape index (κ2) is 9.10. The number of fused-ring (bicyclic) bond motifs is 1. The highest BCUT2D eigenvalue weighted by atomic mass is 19.4. The van der Waals surface area contributed by atoms with Gasteiger partial charge in [0.1, 0.15) is 5.82 Å². The Balaban J connectivity index is 0.000000360. The van der Waals surface area contributed by atoms with E-state index in [0.717, 1.165) is 31.7 Å². The van der Waals surface area contributed by atoms with E-state index < -0.39 is 18.1 Å². The van der Waals surface area contributed by atoms with Gasteiger partial charge in [0.15, 0.2) is 0 Å². The Labute approximate surface area is 179 Å². The van der Waals surface area contributed by atoms with Crippen LogP contribution in [0.5, 0.6) is 0 Å². The largest absolute Gasteiger partial charge is 0.490 e. The monoisotopic (exact) mass is 459 g/mol. The number of imide groups is 1. The summed E-state index contributed by atoms with van der Waals surface area (Å²) in [6, 6.07) is 3.27. The molecule has 174 valence electrons. The molecule has 4 rings (SSSR count). The number of nitrogens with one attached hydrogen (secondary N) is 2. The van der Waals surface area contributed by atoms with E-state index in [1.54, 1.807) is 17.8 Å². The average molecular weight is 459 g/mol. The molecule has 2 saturated heterocycles. The minimum atomic E-state index is -5.08. The second-order valence-electron chi connectivity index (χ2n) is 7.37. The number of hydrogen-bond donors (Lipinski definition) is 3. The third-order valence-corrected chi connectivity index (χ3v) is 5.22. The lowest BCUT2D eigenvalue weighted by Crippen LogP contribution is -2.43. The molecule has 1 atom stereocenters. The molecule has 1 unspecified atom stereocenters. The number of amides is 2. The van der Waals surface area contributed by atoms with Crippen LogP contribution in [-0.4, -0.2) is 65.0 Å². The van der Waals surface area contributed by atoms with Gasteiger partial charge in [0.05, 0.1) is 22.8 Å². The van der Waals surface area contributed by atoms with E-state index in [1.807, 2.05) is 4.90 Å². The highest BCUT2D eigenvalue weighted by Crippen LogP contribution is 2.33. The van der Waals surface area contributed by atoms with Gasteiger partial charge in [0.2, 0.25) is 11.8 Å². The summed E-state index contributed by atoms with van der Waals surface area (Å²) < 4.78 is 48.2. The Morgan fingerprint density at radius 2 is 1.84 bits per heavy atom. The Hall–Kier alpha value is -3.22. The molecule has 1 aromatic carbocycles. The zero-order valence-corrected chi connectivity index (χ0v) is 17.0. The van der Waals surface area contributed by atoms with E-state index in [0.29, 0.717) is 23.2 Å². The van der Waals surface area contributed by atoms with Gasteiger partial charge in [0, 0.05) is 45.0 Å². The lowest BCUT2D eigenvalue weighted by Gasteiger charge is -2.29. The van der Waals surface area contributed by atoms with Crippen LogP contribution in [0.4, 0.5) is 23.2 Å². The van der Waals surface area contributed by atoms with Gasteiger partial charge in [-0.15, -0.1) is 0 Å². The lowest BCUT2D eigenvalue weighted by atomic mass is 9.92. The quantitative estimate of drug-likeness (QED) is 0.458. The smallest absolute Gasteiger partial charge is 0.475 e. The fourth-order valence-corrected chi connectivity index (χ4v) is 3.65. The zero-order valence-electron chi connectivity index (χ0n) is 17.0. The van der Waals surface area contributed by atoms with Gasteiger partial charge < -0.3 is 15.3 Å². The van der Waals surface area contributed by atoms with Crippen molar-refractivity contribution in [1.82, 2.24) is 20.4 Å². The summed E-state index contributed by atoms with van der Waals surface area (Å²) in [4.78, 5) is 34.4. The number of hydrogen-bond acceptors (Lipinski definition) is 6. The first-order valence-electron chi connectivity index (χ1n) is 9.74. The summed E-state index contributed by atoms with van der Waals surface area (Å²) in [6.07, 6.45) is -4.41. The number of aryl methyl sites for hydroxylation is 1. The highest BCUT2D eigenvalue weighted by molar-refractivity contribution is 6.02. The van der Waals surface area contributed by atoms with Crippen LogP contribution in [0, 0.1) is 5.82 Å². The fraction of sp³-hybridized carbons (Fsp3) is 0.474. The molecular weight excluding hydrogens is 438 g/mol. The molecule has 2 aliphatic rings. The van der Waals surface area contributed by atoms with E-state index >= 15 is 0 Å². The van der Waals surface area contributed by atoms with Gasteiger partial charge in [-0.2, -0.15) is 18.3 Å². The van der Waals surface area contributed by atoms with Crippen molar-refractivity contribution in [2.45, 2.75) is 24.9 Å². The van der Waals surface area contributed by atoms with Crippen molar-refractivity contribution in [2.24, 2.45) is 7.05 Å². The Kier molecular flexibility index (Phi) is 6.67. The molecule has 0 spiro atoms. The molecule has 13 heteroatoms. The van der Waals surface area contributed by atoms with Crippen LogP contribution < -0.4 is 15.5 Å². The summed E-state index contributed by atoms with van der Waals surface area (Å²) in [5.74, 6) is -4.22. The van der Waals surface area contributed by atoms with Crippen molar-refractivity contribution in [3.8, 4) is 0 Å². The molecule has 2 amide bonds. The normalized spacial score (nSPS) is 19.4. The molecule has 0 bridgehead atoms. The number of anilines is 1. The molecule has 3 heterocycles. The maximum Gasteiger partial charge on any atom is 0.490 e. The summed E-state index contributed by atoms with van der Waals surface area (Å²) in [5, 5.41) is 17.8. The first kappa shape index (κ1) is 23.4. The number of nitrogens with zero attached hydrogens (tertiary/aromatic N) is 3. The van der Waals surface area contributed by atoms with Crippen LogP contribution in [0.2, 0.25) is 0 Å². The number of benzene rings is 1. The van der Waals surface area contributed by atoms with Crippen molar-refractivity contribution in [3.63, 3.8) is 0 Å². The van der Waals surface area contributed by atoms with E-state index in [9.17, 15) is 27.2 Å². The van der Waals surface area contributed by atoms with Gasteiger partial charge in [-0.3, -0.25) is 19.6 Å². The third-order valence-electron chi connectivity index (χ3n) is 5.22. The predicted molar refractivity (Wildman–Crippen MR) is 105 cm³/mol. The molecule has 0 aliphatic carbocycles. The van der Waals surface area contributed by atoms with Crippen molar-refractivity contribution in [1.29, 1.82) is 0 Å². The predicted octanol–water partition coefficient (Wildman–Crippen LogP) is 1.28. The molecule has 0 radical (unpaired) electrons. The van der Waals surface area contributed by atoms with E-state index in [4.69, 9.17) is 9.90 Å². The van der Waals surface area contributed by atoms with Gasteiger partial charge in [0.25, 0.3) is 0 Å². The standard InChI is InChI=1S/C17H20FN5O2.C2HF3O2/c1-22-13-9-14(23-6-4-19-5-7-23)12(18)8-11(13)16(21-22)10-2-3-15(24)20-17(10)25;3-2(4,5)1(6)7/h8-10,19H,2-7H2,1H3,(H,20,24,25);(H,6,7). The topological polar surface area (TPSA) is 117 Å². The molecule has 0 saturated carbocycles. The number of carbonyl (C=O) groups is 3. The molecule has 2 aromatic rings. The summed E-state index contributed by atoms with van der Waals surface area (Å²) >= 11 is 0. The minimum absolute atomic E-state index is 0.270. The number of aromatic nitrogens is 2. The number of carboxylic acid groups (broad SMARTS) is 1. The van der Waals surface area contributed by atoms with Gasteiger partial charge >= 0.3 is 12.1 Å². The Bertz CT molecular complexity index is 1050. The molecular formula is C19H21F4N5O4. The number of rotatable bonds is 2. The molecule has 3 N–H and O–H groups in total. The first-order valence-corrected chi connectivity index (χ1v) is 9.74. The number of carboxylic acids is 1. The third kappa shape index (κ3) is 4.98. The second-order valence-corrected chi connectivity index (χ2v) is 7.37. The van der Waals surface area contributed by atoms with E-state index in [-0.39, 0.29) is 24.1 Å². The number of piperidine rings is 1. The maximum absolute atomic E-state index is 14.8. The first-order chi connectivity index (χ1) is 15.0. The zero-order chi connectivity index (χ0) is 23.6. The number of carbonyl (C=O) groups excluding carboxylic acids is 2. The number of alkyl halides is 3. The Morgan fingerprint density at radius 3 is 2.41 bits per heavy atom. The minimum Gasteiger partial charge on any atom is -0.475 e. The molecule has 2 aliphatic heterocycles. The lowest BCUT2D eigenvalue weighted by molar-refractivity contribution is -0.192. The molecule has 2 fully saturated rings. The van der Waals surface area contributed by atoms with Crippen LogP contribution in [0.1, 0.15) is 24.5 Å². The van der Waals surface area contributed by atoms with Gasteiger partial charge in [-0.25, -0.2) is 9.18 Å². The number of halogens is 4. The SMILES string of the molecule is Cn1nc(C2CCC(=O)NC2=O)c2cc(F)c(N3CCNCC3)cc21.O=C(O)C(F)(F)F. The number of aliphatic carboxylic acids is 1. The maximum atomic E-state index is 14.8.